The number of benzene rings is 1. The lowest BCUT2D eigenvalue weighted by atomic mass is 10.0. The van der Waals surface area contributed by atoms with Gasteiger partial charge < -0.3 is 10.8 Å². The first-order valence-electron chi connectivity index (χ1n) is 4.78. The molecule has 1 aromatic carbocycles. The van der Waals surface area contributed by atoms with Gasteiger partial charge in [-0.25, -0.2) is 0 Å². The Bertz CT molecular complexity index is 336. The maximum absolute atomic E-state index is 9.24. The lowest BCUT2D eigenvalue weighted by molar-refractivity contribution is 0.211. The Morgan fingerprint density at radius 3 is 2.86 bits per heavy atom. The van der Waals surface area contributed by atoms with Crippen molar-refractivity contribution in [3.05, 3.63) is 34.9 Å². The molecule has 2 atom stereocenters. The van der Waals surface area contributed by atoms with Gasteiger partial charge in [0.1, 0.15) is 0 Å². The van der Waals surface area contributed by atoms with Crippen LogP contribution < -0.4 is 5.73 Å². The normalized spacial score (nSPS) is 30.4. The number of aliphatic hydroxyl groups excluding tert-OH is 1. The Hall–Kier alpha value is -0.570. The second-order valence-corrected chi connectivity index (χ2v) is 4.47. The van der Waals surface area contributed by atoms with E-state index in [-0.39, 0.29) is 12.0 Å². The minimum absolute atomic E-state index is 0.0787. The fourth-order valence-electron chi connectivity index (χ4n) is 2.01. The Kier molecular flexibility index (Phi) is 2.52. The summed E-state index contributed by atoms with van der Waals surface area (Å²) in [5, 5.41) is 9.99. The Balaban J connectivity index is 2.19. The van der Waals surface area contributed by atoms with Crippen LogP contribution in [0.25, 0.3) is 0 Å². The number of hydrogen-bond donors (Lipinski definition) is 2. The van der Waals surface area contributed by atoms with Gasteiger partial charge in [0.05, 0.1) is 6.61 Å². The number of rotatable bonds is 3. The Labute approximate surface area is 88.7 Å². The molecule has 2 rings (SSSR count). The van der Waals surface area contributed by atoms with Crippen LogP contribution in [0.1, 0.15) is 17.9 Å². The molecule has 0 aliphatic heterocycles. The highest BCUT2D eigenvalue weighted by atomic mass is 35.5. The Morgan fingerprint density at radius 1 is 1.57 bits per heavy atom. The highest BCUT2D eigenvalue weighted by Gasteiger charge is 2.53. The van der Waals surface area contributed by atoms with Crippen LogP contribution in [0.15, 0.2) is 24.3 Å². The van der Waals surface area contributed by atoms with Crippen molar-refractivity contribution in [1.82, 2.24) is 0 Å². The minimum atomic E-state index is -0.0787. The van der Waals surface area contributed by atoms with E-state index in [2.05, 4.69) is 0 Å². The Morgan fingerprint density at radius 2 is 2.36 bits per heavy atom. The lowest BCUT2D eigenvalue weighted by Gasteiger charge is -2.10. The SMILES string of the molecule is NC[C@]1(CO)C[C@H]1c1cccc(Cl)c1. The molecule has 2 nitrogen and oxygen atoms in total. The molecule has 1 saturated carbocycles. The van der Waals surface area contributed by atoms with Crippen LogP contribution in [0, 0.1) is 5.41 Å². The summed E-state index contributed by atoms with van der Waals surface area (Å²) >= 11 is 5.90. The van der Waals surface area contributed by atoms with E-state index in [1.165, 1.54) is 5.56 Å². The average molecular weight is 212 g/mol. The van der Waals surface area contributed by atoms with E-state index < -0.39 is 0 Å². The standard InChI is InChI=1S/C11H14ClNO/c12-9-3-1-2-8(4-9)10-5-11(10,6-13)7-14/h1-4,10,14H,5-7,13H2/t10-,11-/m0/s1. The molecule has 1 fully saturated rings. The summed E-state index contributed by atoms with van der Waals surface area (Å²) in [6.07, 6.45) is 0.973. The van der Waals surface area contributed by atoms with Crippen LogP contribution in [-0.4, -0.2) is 18.3 Å². The maximum atomic E-state index is 9.24. The van der Waals surface area contributed by atoms with Gasteiger partial charge in [-0.2, -0.15) is 0 Å². The van der Waals surface area contributed by atoms with E-state index >= 15 is 0 Å². The molecule has 3 N–H and O–H groups in total. The second kappa shape index (κ2) is 3.54. The molecule has 0 heterocycles. The second-order valence-electron chi connectivity index (χ2n) is 4.04. The minimum Gasteiger partial charge on any atom is -0.396 e. The summed E-state index contributed by atoms with van der Waals surface area (Å²) in [5.41, 5.74) is 6.77. The van der Waals surface area contributed by atoms with Gasteiger partial charge in [0.2, 0.25) is 0 Å². The summed E-state index contributed by atoms with van der Waals surface area (Å²) in [5.74, 6) is 0.385. The summed E-state index contributed by atoms with van der Waals surface area (Å²) in [4.78, 5) is 0. The van der Waals surface area contributed by atoms with Gasteiger partial charge in [-0.3, -0.25) is 0 Å². The third-order valence-electron chi connectivity index (χ3n) is 3.16. The third kappa shape index (κ3) is 1.54. The molecule has 0 saturated heterocycles. The molecule has 3 heteroatoms. The van der Waals surface area contributed by atoms with Crippen LogP contribution in [0.5, 0.6) is 0 Å². The van der Waals surface area contributed by atoms with Gasteiger partial charge in [0, 0.05) is 17.0 Å². The predicted molar refractivity (Wildman–Crippen MR) is 57.4 cm³/mol. The summed E-state index contributed by atoms with van der Waals surface area (Å²) in [6, 6.07) is 7.80. The molecule has 1 aromatic rings. The van der Waals surface area contributed by atoms with Gasteiger partial charge in [0.15, 0.2) is 0 Å². The highest BCUT2D eigenvalue weighted by molar-refractivity contribution is 6.30. The first-order valence-corrected chi connectivity index (χ1v) is 5.16. The van der Waals surface area contributed by atoms with Crippen molar-refractivity contribution in [3.63, 3.8) is 0 Å². The van der Waals surface area contributed by atoms with Gasteiger partial charge in [-0.1, -0.05) is 23.7 Å². The molecule has 0 aromatic heterocycles. The zero-order valence-corrected chi connectivity index (χ0v) is 8.67. The van der Waals surface area contributed by atoms with E-state index in [9.17, 15) is 5.11 Å². The van der Waals surface area contributed by atoms with Crippen LogP contribution in [-0.2, 0) is 0 Å². The van der Waals surface area contributed by atoms with Crippen molar-refractivity contribution in [2.45, 2.75) is 12.3 Å². The van der Waals surface area contributed by atoms with Gasteiger partial charge in [-0.05, 0) is 30.0 Å². The largest absolute Gasteiger partial charge is 0.396 e. The smallest absolute Gasteiger partial charge is 0.0505 e. The van der Waals surface area contributed by atoms with Crippen LogP contribution in [0.4, 0.5) is 0 Å². The van der Waals surface area contributed by atoms with Crippen molar-refractivity contribution < 1.29 is 5.11 Å². The molecule has 0 amide bonds. The van der Waals surface area contributed by atoms with E-state index in [0.717, 1.165) is 11.4 Å². The molecule has 0 unspecified atom stereocenters. The maximum Gasteiger partial charge on any atom is 0.0505 e. The summed E-state index contributed by atoms with van der Waals surface area (Å²) in [6.45, 7) is 0.710. The first kappa shape index (κ1) is 9.97. The van der Waals surface area contributed by atoms with Crippen LogP contribution in [0.2, 0.25) is 5.02 Å². The average Bonchev–Trinajstić information content (AvgIpc) is 2.93. The third-order valence-corrected chi connectivity index (χ3v) is 3.40. The molecule has 1 aliphatic rings. The number of aliphatic hydroxyl groups is 1. The molecule has 1 aliphatic carbocycles. The van der Waals surface area contributed by atoms with Crippen molar-refractivity contribution in [2.24, 2.45) is 11.1 Å². The monoisotopic (exact) mass is 211 g/mol. The van der Waals surface area contributed by atoms with Crippen LogP contribution >= 0.6 is 11.6 Å². The molecule has 0 bridgehead atoms. The molecule has 0 spiro atoms. The fourth-order valence-corrected chi connectivity index (χ4v) is 2.21. The summed E-state index contributed by atoms with van der Waals surface area (Å²) < 4.78 is 0. The van der Waals surface area contributed by atoms with E-state index in [1.807, 2.05) is 24.3 Å². The van der Waals surface area contributed by atoms with Crippen molar-refractivity contribution >= 4 is 11.6 Å². The quantitative estimate of drug-likeness (QED) is 0.801. The van der Waals surface area contributed by atoms with Gasteiger partial charge in [-0.15, -0.1) is 0 Å². The van der Waals surface area contributed by atoms with Crippen molar-refractivity contribution in [2.75, 3.05) is 13.2 Å². The van der Waals surface area contributed by atoms with Crippen molar-refractivity contribution in [3.8, 4) is 0 Å². The van der Waals surface area contributed by atoms with E-state index in [0.29, 0.717) is 12.5 Å². The zero-order chi connectivity index (χ0) is 10.2. The molecular weight excluding hydrogens is 198 g/mol. The van der Waals surface area contributed by atoms with E-state index in [1.54, 1.807) is 0 Å². The molecule has 76 valence electrons. The highest BCUT2D eigenvalue weighted by Crippen LogP contribution is 2.58. The van der Waals surface area contributed by atoms with Gasteiger partial charge >= 0.3 is 0 Å². The molecule has 14 heavy (non-hydrogen) atoms. The number of halogens is 1. The van der Waals surface area contributed by atoms with E-state index in [4.69, 9.17) is 17.3 Å². The van der Waals surface area contributed by atoms with Gasteiger partial charge in [0.25, 0.3) is 0 Å². The zero-order valence-electron chi connectivity index (χ0n) is 7.91. The fraction of sp³-hybridized carbons (Fsp3) is 0.455. The predicted octanol–water partition coefficient (Wildman–Crippen LogP) is 1.76. The molecule has 0 radical (unpaired) electrons. The number of hydrogen-bond acceptors (Lipinski definition) is 2. The summed E-state index contributed by atoms with van der Waals surface area (Å²) in [7, 11) is 0. The van der Waals surface area contributed by atoms with Crippen molar-refractivity contribution in [1.29, 1.82) is 0 Å². The molecular formula is C11H14ClNO. The number of nitrogens with two attached hydrogens (primary N) is 1. The van der Waals surface area contributed by atoms with Crippen LogP contribution in [0.3, 0.4) is 0 Å². The lowest BCUT2D eigenvalue weighted by Crippen LogP contribution is -2.21. The topological polar surface area (TPSA) is 46.2 Å². The first-order chi connectivity index (χ1) is 6.72.